The van der Waals surface area contributed by atoms with Gasteiger partial charge in [-0.15, -0.1) is 0 Å². The molecule has 104 valence electrons. The van der Waals surface area contributed by atoms with E-state index in [1.165, 1.54) is 30.1 Å². The molecule has 0 amide bonds. The minimum absolute atomic E-state index is 0.0119. The highest BCUT2D eigenvalue weighted by Crippen LogP contribution is 2.32. The maximum absolute atomic E-state index is 11.2. The van der Waals surface area contributed by atoms with E-state index < -0.39 is 16.5 Å². The molecular weight excluding hydrogens is 252 g/mol. The molecule has 7 heteroatoms. The Balaban J connectivity index is 3.36. The third kappa shape index (κ3) is 3.65. The molecule has 0 spiro atoms. The van der Waals surface area contributed by atoms with Crippen LogP contribution in [0.3, 0.4) is 0 Å². The Morgan fingerprint density at radius 1 is 1.47 bits per heavy atom. The molecular formula is C12H16N2O5. The minimum atomic E-state index is -1.25. The van der Waals surface area contributed by atoms with Crippen LogP contribution in [0.2, 0.25) is 0 Å². The fourth-order valence-corrected chi connectivity index (χ4v) is 1.91. The van der Waals surface area contributed by atoms with Crippen LogP contribution in [0.5, 0.6) is 0 Å². The zero-order valence-corrected chi connectivity index (χ0v) is 11.0. The SMILES string of the molecule is CN(CC(C)(C)O)c1c(C(=O)O)cccc1[N+](=O)[O-]. The van der Waals surface area contributed by atoms with Crippen molar-refractivity contribution < 1.29 is 19.9 Å². The molecule has 1 aromatic rings. The number of hydrogen-bond donors (Lipinski definition) is 2. The Hall–Kier alpha value is -2.15. The molecule has 0 aliphatic carbocycles. The lowest BCUT2D eigenvalue weighted by molar-refractivity contribution is -0.384. The van der Waals surface area contributed by atoms with Crippen molar-refractivity contribution in [3.63, 3.8) is 0 Å². The lowest BCUT2D eigenvalue weighted by Crippen LogP contribution is -2.37. The van der Waals surface area contributed by atoms with E-state index >= 15 is 0 Å². The molecule has 0 fully saturated rings. The van der Waals surface area contributed by atoms with E-state index in [9.17, 15) is 20.0 Å². The molecule has 0 radical (unpaired) electrons. The predicted octanol–water partition coefficient (Wildman–Crippen LogP) is 1.50. The Labute approximate surface area is 110 Å². The first-order valence-corrected chi connectivity index (χ1v) is 5.57. The summed E-state index contributed by atoms with van der Waals surface area (Å²) in [6, 6.07) is 3.86. The summed E-state index contributed by atoms with van der Waals surface area (Å²) in [5.74, 6) is -1.25. The van der Waals surface area contributed by atoms with Gasteiger partial charge in [0.15, 0.2) is 0 Å². The fraction of sp³-hybridized carbons (Fsp3) is 0.417. The quantitative estimate of drug-likeness (QED) is 0.619. The number of likely N-dealkylation sites (N-methyl/N-ethyl adjacent to an activating group) is 1. The van der Waals surface area contributed by atoms with Crippen LogP contribution in [0.25, 0.3) is 0 Å². The Morgan fingerprint density at radius 2 is 2.05 bits per heavy atom. The maximum Gasteiger partial charge on any atom is 0.338 e. The van der Waals surface area contributed by atoms with Gasteiger partial charge in [-0.1, -0.05) is 6.07 Å². The Kier molecular flexibility index (Phi) is 4.10. The number of aliphatic hydroxyl groups is 1. The molecule has 0 heterocycles. The molecule has 7 nitrogen and oxygen atoms in total. The van der Waals surface area contributed by atoms with Crippen molar-refractivity contribution in [3.8, 4) is 0 Å². The first-order chi connectivity index (χ1) is 8.63. The largest absolute Gasteiger partial charge is 0.478 e. The van der Waals surface area contributed by atoms with Gasteiger partial charge >= 0.3 is 5.97 Å². The third-order valence-electron chi connectivity index (χ3n) is 2.45. The summed E-state index contributed by atoms with van der Waals surface area (Å²) in [7, 11) is 1.51. The molecule has 1 aromatic carbocycles. The molecule has 0 unspecified atom stereocenters. The van der Waals surface area contributed by atoms with Crippen molar-refractivity contribution in [1.29, 1.82) is 0 Å². The van der Waals surface area contributed by atoms with E-state index in [-0.39, 0.29) is 23.5 Å². The zero-order valence-electron chi connectivity index (χ0n) is 11.0. The van der Waals surface area contributed by atoms with Gasteiger partial charge in [-0.05, 0) is 19.9 Å². The van der Waals surface area contributed by atoms with E-state index in [2.05, 4.69) is 0 Å². The van der Waals surface area contributed by atoms with Crippen molar-refractivity contribution in [1.82, 2.24) is 0 Å². The number of nitro groups is 1. The summed E-state index contributed by atoms with van der Waals surface area (Å²) in [5, 5.41) is 29.8. The summed E-state index contributed by atoms with van der Waals surface area (Å²) in [4.78, 5) is 22.9. The summed E-state index contributed by atoms with van der Waals surface area (Å²) in [6.45, 7) is 3.15. The van der Waals surface area contributed by atoms with E-state index in [4.69, 9.17) is 5.11 Å². The van der Waals surface area contributed by atoms with Crippen LogP contribution >= 0.6 is 0 Å². The standard InChI is InChI=1S/C12H16N2O5/c1-12(2,17)7-13(3)10-8(11(15)16)5-4-6-9(10)14(18)19/h4-6,17H,7H2,1-3H3,(H,15,16). The smallest absolute Gasteiger partial charge is 0.338 e. The molecule has 19 heavy (non-hydrogen) atoms. The summed E-state index contributed by atoms with van der Waals surface area (Å²) in [5.41, 5.74) is -1.58. The van der Waals surface area contributed by atoms with Gasteiger partial charge in [-0.2, -0.15) is 0 Å². The van der Waals surface area contributed by atoms with E-state index in [1.807, 2.05) is 0 Å². The van der Waals surface area contributed by atoms with Crippen LogP contribution in [-0.2, 0) is 0 Å². The van der Waals surface area contributed by atoms with Gasteiger partial charge in [0.2, 0.25) is 0 Å². The van der Waals surface area contributed by atoms with Crippen LogP contribution < -0.4 is 4.90 Å². The van der Waals surface area contributed by atoms with Gasteiger partial charge in [0, 0.05) is 19.7 Å². The zero-order chi connectivity index (χ0) is 14.8. The van der Waals surface area contributed by atoms with Crippen molar-refractivity contribution in [2.45, 2.75) is 19.4 Å². The van der Waals surface area contributed by atoms with Gasteiger partial charge < -0.3 is 15.1 Å². The molecule has 0 aliphatic rings. The van der Waals surface area contributed by atoms with Crippen molar-refractivity contribution in [3.05, 3.63) is 33.9 Å². The van der Waals surface area contributed by atoms with Crippen LogP contribution in [-0.4, -0.2) is 40.3 Å². The van der Waals surface area contributed by atoms with Gasteiger partial charge in [0.25, 0.3) is 5.69 Å². The number of carbonyl (C=O) groups is 1. The number of carboxylic acid groups (broad SMARTS) is 1. The van der Waals surface area contributed by atoms with Crippen LogP contribution in [0.15, 0.2) is 18.2 Å². The molecule has 0 atom stereocenters. The molecule has 0 saturated heterocycles. The lowest BCUT2D eigenvalue weighted by atomic mass is 10.1. The predicted molar refractivity (Wildman–Crippen MR) is 69.6 cm³/mol. The monoisotopic (exact) mass is 268 g/mol. The van der Waals surface area contributed by atoms with Gasteiger partial charge in [0.1, 0.15) is 5.69 Å². The number of anilines is 1. The van der Waals surface area contributed by atoms with E-state index in [0.717, 1.165) is 0 Å². The number of carboxylic acids is 1. The van der Waals surface area contributed by atoms with E-state index in [0.29, 0.717) is 0 Å². The van der Waals surface area contributed by atoms with Gasteiger partial charge in [-0.3, -0.25) is 10.1 Å². The lowest BCUT2D eigenvalue weighted by Gasteiger charge is -2.27. The number of nitro benzene ring substituents is 1. The summed E-state index contributed by atoms with van der Waals surface area (Å²) >= 11 is 0. The topological polar surface area (TPSA) is 104 Å². The highest BCUT2D eigenvalue weighted by molar-refractivity contribution is 5.97. The normalized spacial score (nSPS) is 11.2. The molecule has 0 saturated carbocycles. The van der Waals surface area contributed by atoms with E-state index in [1.54, 1.807) is 13.8 Å². The Morgan fingerprint density at radius 3 is 2.47 bits per heavy atom. The minimum Gasteiger partial charge on any atom is -0.478 e. The number of nitrogens with zero attached hydrogens (tertiary/aromatic N) is 2. The maximum atomic E-state index is 11.2. The molecule has 0 aromatic heterocycles. The number of hydrogen-bond acceptors (Lipinski definition) is 5. The average Bonchev–Trinajstić information content (AvgIpc) is 2.25. The van der Waals surface area contributed by atoms with Crippen molar-refractivity contribution in [2.75, 3.05) is 18.5 Å². The van der Waals surface area contributed by atoms with Crippen molar-refractivity contribution >= 4 is 17.3 Å². The first-order valence-electron chi connectivity index (χ1n) is 5.57. The second kappa shape index (κ2) is 5.23. The molecule has 2 N–H and O–H groups in total. The van der Waals surface area contributed by atoms with Crippen LogP contribution in [0, 0.1) is 10.1 Å². The van der Waals surface area contributed by atoms with Crippen molar-refractivity contribution in [2.24, 2.45) is 0 Å². The second-order valence-electron chi connectivity index (χ2n) is 4.90. The average molecular weight is 268 g/mol. The third-order valence-corrected chi connectivity index (χ3v) is 2.45. The highest BCUT2D eigenvalue weighted by Gasteiger charge is 2.27. The van der Waals surface area contributed by atoms with Gasteiger partial charge in [-0.25, -0.2) is 4.79 Å². The number of benzene rings is 1. The molecule has 0 bridgehead atoms. The molecule has 0 aliphatic heterocycles. The Bertz CT molecular complexity index is 475. The second-order valence-corrected chi connectivity index (χ2v) is 4.90. The summed E-state index contributed by atoms with van der Waals surface area (Å²) in [6.07, 6.45) is 0. The first kappa shape index (κ1) is 14.9. The highest BCUT2D eigenvalue weighted by atomic mass is 16.6. The summed E-state index contributed by atoms with van der Waals surface area (Å²) < 4.78 is 0. The van der Waals surface area contributed by atoms with Crippen LogP contribution in [0.4, 0.5) is 11.4 Å². The molecule has 1 rings (SSSR count). The van der Waals surface area contributed by atoms with Gasteiger partial charge in [0.05, 0.1) is 16.1 Å². The number of rotatable bonds is 5. The van der Waals surface area contributed by atoms with Crippen LogP contribution in [0.1, 0.15) is 24.2 Å². The fourth-order valence-electron chi connectivity index (χ4n) is 1.91. The number of para-hydroxylation sites is 1. The number of aromatic carboxylic acids is 1.